The Kier molecular flexibility index (Phi) is 23.0. The standard InChI is InChI=1S/C56H69ClN14O12/c1-30(72)47-56(83)67-46(55(82)63-42(49(61)76)24-33-10-18-38(73)19-11-33)29-71-28-37(69-70-71)27-45(64-50(77)40(59)23-31-8-16-36(57)17-9-31)54(81)66-44(26-34-12-20-39(74)21-13-34)53(80)65-43(25-32-6-14-35(15-7-32)48(60)75)52(79)62-41(51(78)68-47)5-3-2-4-22-58/h6-21,28,30,40-47,72-74H,2-5,22-27,29,58-59H2,1H3,(H2,60,75)(H2,61,76)(H,62,79)(H,63,82)(H,64,77)(H,65,80)(H,66,81)(H,67,83)(H,68,78)/t30-,40+,41+,42-,43-,44+,45+,46+,47+/m1/s1. The molecule has 9 atom stereocenters. The monoisotopic (exact) mass is 1160 g/mol. The summed E-state index contributed by atoms with van der Waals surface area (Å²) in [6.45, 7) is 0.954. The number of aromatic nitrogens is 3. The molecular formula is C56H69ClN14O12. The number of benzene rings is 4. The molecule has 1 aliphatic rings. The second kappa shape index (κ2) is 30.2. The number of phenols is 2. The molecule has 83 heavy (non-hydrogen) atoms. The number of nitrogens with two attached hydrogens (primary N) is 4. The van der Waals surface area contributed by atoms with Crippen molar-refractivity contribution in [2.45, 2.75) is 126 Å². The molecule has 6 rings (SSSR count). The number of hydrogen-bond acceptors (Lipinski definition) is 16. The summed E-state index contributed by atoms with van der Waals surface area (Å²) in [6.07, 6.45) is -0.183. The zero-order valence-corrected chi connectivity index (χ0v) is 46.1. The van der Waals surface area contributed by atoms with E-state index in [1.165, 1.54) is 85.9 Å². The van der Waals surface area contributed by atoms with E-state index < -0.39 is 121 Å². The number of phenolic OH excluding ortho intramolecular Hbond substituents is 2. The van der Waals surface area contributed by atoms with Crippen molar-refractivity contribution in [3.63, 3.8) is 0 Å². The van der Waals surface area contributed by atoms with Gasteiger partial charge in [0.2, 0.25) is 53.2 Å². The van der Waals surface area contributed by atoms with Gasteiger partial charge < -0.3 is 75.5 Å². The molecule has 0 spiro atoms. The van der Waals surface area contributed by atoms with Gasteiger partial charge in [0.25, 0.3) is 0 Å². The molecule has 0 saturated carbocycles. The summed E-state index contributed by atoms with van der Waals surface area (Å²) in [5.74, 6) is -8.55. The van der Waals surface area contributed by atoms with Crippen molar-refractivity contribution in [3.8, 4) is 11.5 Å². The maximum atomic E-state index is 14.8. The number of carbonyl (C=O) groups excluding carboxylic acids is 9. The van der Waals surface area contributed by atoms with E-state index in [0.717, 1.165) is 4.68 Å². The van der Waals surface area contributed by atoms with Crippen LogP contribution >= 0.6 is 11.6 Å². The predicted molar refractivity (Wildman–Crippen MR) is 301 cm³/mol. The zero-order valence-electron chi connectivity index (χ0n) is 45.3. The average Bonchev–Trinajstić information content (AvgIpc) is 4.02. The minimum Gasteiger partial charge on any atom is -0.508 e. The number of nitrogens with zero attached hydrogens (tertiary/aromatic N) is 3. The van der Waals surface area contributed by atoms with Crippen LogP contribution in [0.15, 0.2) is 103 Å². The van der Waals surface area contributed by atoms with E-state index in [9.17, 15) is 58.5 Å². The van der Waals surface area contributed by atoms with Crippen molar-refractivity contribution >= 4 is 64.8 Å². The molecule has 4 aromatic carbocycles. The van der Waals surface area contributed by atoms with Crippen molar-refractivity contribution in [1.82, 2.24) is 52.2 Å². The highest BCUT2D eigenvalue weighted by molar-refractivity contribution is 6.30. The maximum absolute atomic E-state index is 14.8. The average molecular weight is 1170 g/mol. The highest BCUT2D eigenvalue weighted by Gasteiger charge is 2.37. The fraction of sp³-hybridized carbons (Fsp3) is 0.375. The number of carbonyl (C=O) groups is 9. The topological polar surface area (TPSA) is 433 Å². The van der Waals surface area contributed by atoms with Crippen LogP contribution in [0.25, 0.3) is 0 Å². The number of nitrogens with one attached hydrogen (secondary N) is 7. The Bertz CT molecular complexity index is 3070. The van der Waals surface area contributed by atoms with Crippen molar-refractivity contribution in [2.24, 2.45) is 22.9 Å². The van der Waals surface area contributed by atoms with Gasteiger partial charge in [0.15, 0.2) is 0 Å². The lowest BCUT2D eigenvalue weighted by molar-refractivity contribution is -0.137. The first-order valence-corrected chi connectivity index (χ1v) is 27.1. The number of primary amides is 2. The summed E-state index contributed by atoms with van der Waals surface area (Å²) in [7, 11) is 0. The Morgan fingerprint density at radius 2 is 1.22 bits per heavy atom. The quantitative estimate of drug-likeness (QED) is 0.0378. The van der Waals surface area contributed by atoms with Gasteiger partial charge in [-0.1, -0.05) is 78.2 Å². The van der Waals surface area contributed by atoms with Gasteiger partial charge in [0.05, 0.1) is 24.4 Å². The van der Waals surface area contributed by atoms with E-state index in [0.29, 0.717) is 53.1 Å². The molecule has 27 heteroatoms. The van der Waals surface area contributed by atoms with Crippen LogP contribution in [0.1, 0.15) is 70.9 Å². The van der Waals surface area contributed by atoms with Crippen LogP contribution in [0.2, 0.25) is 5.02 Å². The van der Waals surface area contributed by atoms with Gasteiger partial charge >= 0.3 is 0 Å². The van der Waals surface area contributed by atoms with E-state index in [1.807, 2.05) is 0 Å². The van der Waals surface area contributed by atoms with Crippen molar-refractivity contribution in [1.29, 1.82) is 0 Å². The Balaban J connectivity index is 1.44. The second-order valence-corrected chi connectivity index (χ2v) is 20.7. The van der Waals surface area contributed by atoms with Crippen molar-refractivity contribution in [2.75, 3.05) is 6.54 Å². The van der Waals surface area contributed by atoms with E-state index in [4.69, 9.17) is 34.5 Å². The number of amides is 9. The molecule has 2 heterocycles. The summed E-state index contributed by atoms with van der Waals surface area (Å²) < 4.78 is 1.11. The predicted octanol–water partition coefficient (Wildman–Crippen LogP) is -1.93. The van der Waals surface area contributed by atoms with Crippen molar-refractivity contribution < 1.29 is 58.5 Å². The number of hydrogen-bond donors (Lipinski definition) is 14. The summed E-state index contributed by atoms with van der Waals surface area (Å²) in [4.78, 5) is 126. The number of rotatable bonds is 20. The van der Waals surface area contributed by atoms with Gasteiger partial charge in [-0.3, -0.25) is 43.2 Å². The normalized spacial score (nSPS) is 20.3. The molecule has 18 N–H and O–H groups in total. The first-order chi connectivity index (χ1) is 39.5. The number of unbranched alkanes of at least 4 members (excludes halogenated alkanes) is 2. The molecular weight excluding hydrogens is 1100 g/mol. The first kappa shape index (κ1) is 63.2. The molecule has 2 bridgehead atoms. The molecule has 9 amide bonds. The minimum atomic E-state index is -1.81. The molecule has 0 unspecified atom stereocenters. The fourth-order valence-electron chi connectivity index (χ4n) is 8.93. The molecule has 1 aromatic heterocycles. The van der Waals surface area contributed by atoms with Gasteiger partial charge in [-0.25, -0.2) is 4.68 Å². The highest BCUT2D eigenvalue weighted by Crippen LogP contribution is 2.17. The smallest absolute Gasteiger partial charge is 0.248 e. The summed E-state index contributed by atoms with van der Waals surface area (Å²) in [5, 5.41) is 58.1. The van der Waals surface area contributed by atoms with Crippen LogP contribution in [0, 0.1) is 0 Å². The zero-order chi connectivity index (χ0) is 60.3. The summed E-state index contributed by atoms with van der Waals surface area (Å²) >= 11 is 6.08. The molecule has 0 aliphatic carbocycles. The third-order valence-corrected chi connectivity index (χ3v) is 13.8. The van der Waals surface area contributed by atoms with Gasteiger partial charge in [0, 0.05) is 42.5 Å². The Labute approximate surface area is 482 Å². The molecule has 26 nitrogen and oxygen atoms in total. The fourth-order valence-corrected chi connectivity index (χ4v) is 9.06. The van der Waals surface area contributed by atoms with Crippen LogP contribution in [-0.4, -0.2) is 144 Å². The van der Waals surface area contributed by atoms with Crippen LogP contribution in [0.5, 0.6) is 11.5 Å². The number of aliphatic hydroxyl groups is 1. The van der Waals surface area contributed by atoms with Gasteiger partial charge in [0.1, 0.15) is 53.8 Å². The number of aromatic hydroxyl groups is 2. The van der Waals surface area contributed by atoms with E-state index in [1.54, 1.807) is 24.3 Å². The van der Waals surface area contributed by atoms with Crippen LogP contribution in [-0.2, 0) is 77.0 Å². The molecule has 0 saturated heterocycles. The molecule has 442 valence electrons. The van der Waals surface area contributed by atoms with Gasteiger partial charge in [-0.05, 0) is 104 Å². The van der Waals surface area contributed by atoms with Crippen LogP contribution < -0.4 is 60.2 Å². The maximum Gasteiger partial charge on any atom is 0.248 e. The van der Waals surface area contributed by atoms with E-state index >= 15 is 0 Å². The van der Waals surface area contributed by atoms with E-state index in [-0.39, 0.29) is 54.9 Å². The summed E-state index contributed by atoms with van der Waals surface area (Å²) in [5.41, 5.74) is 25.5. The Morgan fingerprint density at radius 3 is 1.78 bits per heavy atom. The largest absolute Gasteiger partial charge is 0.508 e. The highest BCUT2D eigenvalue weighted by atomic mass is 35.5. The first-order valence-electron chi connectivity index (χ1n) is 26.7. The molecule has 0 fully saturated rings. The Hall–Kier alpha value is -8.98. The SMILES string of the molecule is C[C@@H](O)[C@@H]1NC(=O)[C@H](CCCCCN)NC(=O)[C@@H](Cc2ccc(C(N)=O)cc2)NC(=O)[C@H](Cc2ccc(O)cc2)NC(=O)[C@@H](NC(=O)[C@@H](N)Cc2ccc(Cl)cc2)Cc2cn(nn2)C[C@@H](C(=O)N[C@H](Cc2ccc(O)cc2)C(N)=O)NC1=O. The number of aliphatic hydroxyl groups excluding tert-OH is 1. The number of fused-ring (bicyclic) bond motifs is 2. The second-order valence-electron chi connectivity index (χ2n) is 20.2. The van der Waals surface area contributed by atoms with E-state index in [2.05, 4.69) is 47.5 Å². The lowest BCUT2D eigenvalue weighted by atomic mass is 10.00. The molecule has 5 aromatic rings. The lowest BCUT2D eigenvalue weighted by Crippen LogP contribution is -2.62. The van der Waals surface area contributed by atoms with Crippen LogP contribution in [0.4, 0.5) is 0 Å². The third-order valence-electron chi connectivity index (χ3n) is 13.6. The summed E-state index contributed by atoms with van der Waals surface area (Å²) in [6, 6.07) is 11.6. The third kappa shape index (κ3) is 19.3. The van der Waals surface area contributed by atoms with Crippen LogP contribution in [0.3, 0.4) is 0 Å². The minimum absolute atomic E-state index is 0.000426. The van der Waals surface area contributed by atoms with Gasteiger partial charge in [-0.15, -0.1) is 5.10 Å². The Morgan fingerprint density at radius 1 is 0.687 bits per heavy atom. The molecule has 1 aliphatic heterocycles. The molecule has 0 radical (unpaired) electrons. The number of halogens is 1. The van der Waals surface area contributed by atoms with Gasteiger partial charge in [-0.2, -0.15) is 0 Å². The van der Waals surface area contributed by atoms with Crippen molar-refractivity contribution in [3.05, 3.63) is 142 Å². The lowest BCUT2D eigenvalue weighted by Gasteiger charge is -2.29.